The first-order valence-electron chi connectivity index (χ1n) is 5.93. The Bertz CT molecular complexity index is 796. The van der Waals surface area contributed by atoms with E-state index in [9.17, 15) is 13.2 Å². The molecule has 0 radical (unpaired) electrons. The summed E-state index contributed by atoms with van der Waals surface area (Å²) in [7, 11) is 0. The van der Waals surface area contributed by atoms with Gasteiger partial charge in [0.2, 0.25) is 5.89 Å². The summed E-state index contributed by atoms with van der Waals surface area (Å²) in [6.45, 7) is 0. The summed E-state index contributed by atoms with van der Waals surface area (Å²) in [4.78, 5) is 4.19. The molecule has 0 aliphatic rings. The molecule has 0 aliphatic heterocycles. The van der Waals surface area contributed by atoms with Gasteiger partial charge in [0.15, 0.2) is 5.58 Å². The number of nitrogens with two attached hydrogens (primary N) is 1. The van der Waals surface area contributed by atoms with E-state index < -0.39 is 6.36 Å². The molecule has 0 atom stereocenters. The Morgan fingerprint density at radius 1 is 1.10 bits per heavy atom. The number of ether oxygens (including phenoxy) is 1. The fourth-order valence-electron chi connectivity index (χ4n) is 1.92. The van der Waals surface area contributed by atoms with Gasteiger partial charge >= 0.3 is 6.36 Å². The third kappa shape index (κ3) is 2.76. The van der Waals surface area contributed by atoms with Crippen LogP contribution in [0.25, 0.3) is 22.6 Å². The highest BCUT2D eigenvalue weighted by Gasteiger charge is 2.31. The van der Waals surface area contributed by atoms with Gasteiger partial charge in [0.1, 0.15) is 11.3 Å². The Morgan fingerprint density at radius 2 is 1.86 bits per heavy atom. The van der Waals surface area contributed by atoms with E-state index in [1.165, 1.54) is 18.2 Å². The van der Waals surface area contributed by atoms with Gasteiger partial charge in [-0.3, -0.25) is 0 Å². The smallest absolute Gasteiger partial charge is 0.436 e. The number of oxazole rings is 1. The van der Waals surface area contributed by atoms with Crippen LogP contribution in [0.5, 0.6) is 5.75 Å². The number of hydrogen-bond donors (Lipinski definition) is 1. The molecule has 0 unspecified atom stereocenters. The zero-order valence-electron chi connectivity index (χ0n) is 10.5. The summed E-state index contributed by atoms with van der Waals surface area (Å²) in [5, 5.41) is 0. The predicted octanol–water partition coefficient (Wildman–Crippen LogP) is 3.98. The summed E-state index contributed by atoms with van der Waals surface area (Å²) in [5.41, 5.74) is 7.50. The zero-order chi connectivity index (χ0) is 15.0. The van der Waals surface area contributed by atoms with Crippen LogP contribution in [0.1, 0.15) is 0 Å². The number of hydrogen-bond acceptors (Lipinski definition) is 4. The van der Waals surface area contributed by atoms with Crippen LogP contribution in [0.15, 0.2) is 46.9 Å². The van der Waals surface area contributed by atoms with E-state index >= 15 is 0 Å². The number of nitrogen functional groups attached to an aromatic ring is 1. The molecule has 0 bridgehead atoms. The topological polar surface area (TPSA) is 61.3 Å². The Morgan fingerprint density at radius 3 is 2.57 bits per heavy atom. The molecule has 21 heavy (non-hydrogen) atoms. The number of fused-ring (bicyclic) bond motifs is 1. The first-order chi connectivity index (χ1) is 9.92. The minimum Gasteiger partial charge on any atom is -0.436 e. The van der Waals surface area contributed by atoms with Gasteiger partial charge < -0.3 is 14.9 Å². The number of nitrogens with zero attached hydrogens (tertiary/aromatic N) is 1. The first-order valence-corrected chi connectivity index (χ1v) is 5.93. The molecule has 0 amide bonds. The largest absolute Gasteiger partial charge is 0.573 e. The van der Waals surface area contributed by atoms with Gasteiger partial charge in [-0.05, 0) is 30.3 Å². The van der Waals surface area contributed by atoms with Crippen LogP contribution in [0.4, 0.5) is 18.9 Å². The molecule has 4 nitrogen and oxygen atoms in total. The second-order valence-electron chi connectivity index (χ2n) is 4.29. The van der Waals surface area contributed by atoms with Crippen LogP contribution in [0.3, 0.4) is 0 Å². The molecule has 1 aromatic heterocycles. The minimum atomic E-state index is -4.75. The van der Waals surface area contributed by atoms with E-state index in [2.05, 4.69) is 9.72 Å². The fraction of sp³-hybridized carbons (Fsp3) is 0.0714. The maximum Gasteiger partial charge on any atom is 0.573 e. The van der Waals surface area contributed by atoms with Crippen molar-refractivity contribution in [2.75, 3.05) is 5.73 Å². The molecule has 2 N–H and O–H groups in total. The van der Waals surface area contributed by atoms with Crippen LogP contribution >= 0.6 is 0 Å². The number of benzene rings is 2. The number of aromatic nitrogens is 1. The summed E-state index contributed by atoms with van der Waals surface area (Å²) >= 11 is 0. The monoisotopic (exact) mass is 294 g/mol. The summed E-state index contributed by atoms with van der Waals surface area (Å²) in [6, 6.07) is 10.5. The zero-order valence-corrected chi connectivity index (χ0v) is 10.5. The molecular weight excluding hydrogens is 285 g/mol. The second-order valence-corrected chi connectivity index (χ2v) is 4.29. The average Bonchev–Trinajstić information content (AvgIpc) is 2.82. The Balaban J connectivity index is 2.02. The number of rotatable bonds is 2. The number of alkyl halides is 3. The minimum absolute atomic E-state index is 0.176. The van der Waals surface area contributed by atoms with Gasteiger partial charge in [0, 0.05) is 5.56 Å². The number of halogens is 3. The highest BCUT2D eigenvalue weighted by molar-refractivity contribution is 5.87. The van der Waals surface area contributed by atoms with E-state index in [1.807, 2.05) is 0 Å². The molecule has 0 saturated carbocycles. The van der Waals surface area contributed by atoms with Crippen LogP contribution < -0.4 is 10.5 Å². The number of anilines is 1. The Labute approximate surface area is 116 Å². The molecule has 2 aromatic carbocycles. The standard InChI is InChI=1S/C14H9F3N2O2/c15-14(16,17)21-9-4-1-3-8(7-9)13-19-12-10(18)5-2-6-11(12)20-13/h1-7H,18H2. The lowest BCUT2D eigenvalue weighted by Crippen LogP contribution is -2.17. The Kier molecular flexibility index (Phi) is 2.97. The molecule has 3 aromatic rings. The molecule has 0 fully saturated rings. The van der Waals surface area contributed by atoms with E-state index in [1.54, 1.807) is 24.3 Å². The van der Waals surface area contributed by atoms with Gasteiger partial charge in [-0.25, -0.2) is 4.98 Å². The van der Waals surface area contributed by atoms with Gasteiger partial charge in [0.05, 0.1) is 5.69 Å². The van der Waals surface area contributed by atoms with Crippen LogP contribution in [-0.2, 0) is 0 Å². The van der Waals surface area contributed by atoms with E-state index in [0.717, 1.165) is 0 Å². The quantitative estimate of drug-likeness (QED) is 0.726. The molecule has 0 spiro atoms. The molecule has 0 aliphatic carbocycles. The van der Waals surface area contributed by atoms with Crippen LogP contribution in [-0.4, -0.2) is 11.3 Å². The molecule has 3 rings (SSSR count). The van der Waals surface area contributed by atoms with Crippen molar-refractivity contribution in [3.05, 3.63) is 42.5 Å². The Hall–Kier alpha value is -2.70. The fourth-order valence-corrected chi connectivity index (χ4v) is 1.92. The van der Waals surface area contributed by atoms with Crippen molar-refractivity contribution in [2.24, 2.45) is 0 Å². The third-order valence-corrected chi connectivity index (χ3v) is 2.76. The van der Waals surface area contributed by atoms with Gasteiger partial charge in [0.25, 0.3) is 0 Å². The molecular formula is C14H9F3N2O2. The number of para-hydroxylation sites is 1. The van der Waals surface area contributed by atoms with Crippen molar-refractivity contribution in [3.63, 3.8) is 0 Å². The maximum absolute atomic E-state index is 12.2. The summed E-state index contributed by atoms with van der Waals surface area (Å²) in [6.07, 6.45) is -4.75. The molecule has 7 heteroatoms. The van der Waals surface area contributed by atoms with E-state index in [4.69, 9.17) is 10.2 Å². The van der Waals surface area contributed by atoms with Crippen LogP contribution in [0, 0.1) is 0 Å². The van der Waals surface area contributed by atoms with E-state index in [-0.39, 0.29) is 11.6 Å². The van der Waals surface area contributed by atoms with E-state index in [0.29, 0.717) is 22.4 Å². The van der Waals surface area contributed by atoms with Crippen molar-refractivity contribution in [3.8, 4) is 17.2 Å². The maximum atomic E-state index is 12.2. The highest BCUT2D eigenvalue weighted by Crippen LogP contribution is 2.30. The molecule has 108 valence electrons. The van der Waals surface area contributed by atoms with Crippen molar-refractivity contribution < 1.29 is 22.3 Å². The van der Waals surface area contributed by atoms with Crippen molar-refractivity contribution in [1.82, 2.24) is 4.98 Å². The van der Waals surface area contributed by atoms with Gasteiger partial charge in [-0.1, -0.05) is 12.1 Å². The SMILES string of the molecule is Nc1cccc2oc(-c3cccc(OC(F)(F)F)c3)nc12. The normalized spacial score (nSPS) is 11.8. The summed E-state index contributed by atoms with van der Waals surface area (Å²) in [5.74, 6) is -0.161. The average molecular weight is 294 g/mol. The molecule has 0 saturated heterocycles. The lowest BCUT2D eigenvalue weighted by molar-refractivity contribution is -0.274. The van der Waals surface area contributed by atoms with Gasteiger partial charge in [-0.15, -0.1) is 13.2 Å². The third-order valence-electron chi connectivity index (χ3n) is 2.76. The molecule has 1 heterocycles. The highest BCUT2D eigenvalue weighted by atomic mass is 19.4. The van der Waals surface area contributed by atoms with Crippen molar-refractivity contribution in [2.45, 2.75) is 6.36 Å². The lowest BCUT2D eigenvalue weighted by atomic mass is 10.2. The van der Waals surface area contributed by atoms with Crippen molar-refractivity contribution in [1.29, 1.82) is 0 Å². The predicted molar refractivity (Wildman–Crippen MR) is 70.5 cm³/mol. The second kappa shape index (κ2) is 4.69. The lowest BCUT2D eigenvalue weighted by Gasteiger charge is -2.08. The van der Waals surface area contributed by atoms with Crippen LogP contribution in [0.2, 0.25) is 0 Å². The van der Waals surface area contributed by atoms with Gasteiger partial charge in [-0.2, -0.15) is 0 Å². The van der Waals surface area contributed by atoms with Crippen molar-refractivity contribution >= 4 is 16.8 Å². The summed E-state index contributed by atoms with van der Waals surface area (Å²) < 4.78 is 46.0. The first kappa shape index (κ1) is 13.3.